The van der Waals surface area contributed by atoms with Gasteiger partial charge in [-0.1, -0.05) is 0 Å². The fourth-order valence-electron chi connectivity index (χ4n) is 4.65. The summed E-state index contributed by atoms with van der Waals surface area (Å²) in [5.41, 5.74) is 1.96. The number of hydrogen-bond acceptors (Lipinski definition) is 5. The van der Waals surface area contributed by atoms with Crippen molar-refractivity contribution in [1.29, 1.82) is 0 Å². The van der Waals surface area contributed by atoms with E-state index in [-0.39, 0.29) is 42.9 Å². The number of fused-ring (bicyclic) bond motifs is 3. The minimum atomic E-state index is -0.537. The number of urea groups is 1. The summed E-state index contributed by atoms with van der Waals surface area (Å²) in [5, 5.41) is 18.3. The number of hydrogen-bond donors (Lipinski definition) is 4. The van der Waals surface area contributed by atoms with Gasteiger partial charge < -0.3 is 30.5 Å². The summed E-state index contributed by atoms with van der Waals surface area (Å²) in [7, 11) is 0. The molecule has 5 rings (SSSR count). The Balaban J connectivity index is 1.25. The average Bonchev–Trinajstić information content (AvgIpc) is 3.59. The van der Waals surface area contributed by atoms with Gasteiger partial charge in [-0.3, -0.25) is 4.79 Å². The third-order valence-electron chi connectivity index (χ3n) is 6.56. The van der Waals surface area contributed by atoms with Crippen LogP contribution < -0.4 is 20.7 Å². The number of benzene rings is 2. The maximum absolute atomic E-state index is 13.1. The summed E-state index contributed by atoms with van der Waals surface area (Å²) in [5.74, 6) is 0.797. The van der Waals surface area contributed by atoms with Crippen molar-refractivity contribution in [3.8, 4) is 5.75 Å². The van der Waals surface area contributed by atoms with Gasteiger partial charge >= 0.3 is 6.03 Å². The molecule has 0 aromatic heterocycles. The number of carbonyl (C=O) groups is 2. The number of halogens is 1. The Morgan fingerprint density at radius 3 is 2.53 bits per heavy atom. The maximum Gasteiger partial charge on any atom is 0.323 e. The number of aliphatic hydroxyl groups excluding tert-OH is 1. The van der Waals surface area contributed by atoms with Crippen LogP contribution in [0.25, 0.3) is 0 Å². The summed E-state index contributed by atoms with van der Waals surface area (Å²) >= 11 is 0. The van der Waals surface area contributed by atoms with Crippen LogP contribution in [0.4, 0.5) is 20.6 Å². The van der Waals surface area contributed by atoms with E-state index in [1.165, 1.54) is 37.1 Å². The lowest BCUT2D eigenvalue weighted by Crippen LogP contribution is -2.47. The number of aliphatic hydroxyl groups is 1. The monoisotopic (exact) mass is 469 g/mol. The second kappa shape index (κ2) is 9.60. The molecular weight excluding hydrogens is 441 g/mol. The van der Waals surface area contributed by atoms with Crippen LogP contribution in [0, 0.1) is 11.7 Å². The minimum absolute atomic E-state index is 0.0425. The van der Waals surface area contributed by atoms with Crippen molar-refractivity contribution in [2.75, 3.05) is 23.8 Å². The van der Waals surface area contributed by atoms with Crippen LogP contribution in [0.3, 0.4) is 0 Å². The quantitative estimate of drug-likeness (QED) is 0.497. The zero-order chi connectivity index (χ0) is 23.7. The predicted octanol–water partition coefficient (Wildman–Crippen LogP) is 3.38. The molecule has 0 radical (unpaired) electrons. The average molecular weight is 470 g/mol. The lowest BCUT2D eigenvalue weighted by molar-refractivity contribution is -0.142. The predicted molar refractivity (Wildman–Crippen MR) is 123 cm³/mol. The molecule has 1 saturated heterocycles. The van der Waals surface area contributed by atoms with Crippen LogP contribution in [0.5, 0.6) is 5.75 Å². The second-order valence-corrected chi connectivity index (χ2v) is 9.19. The molecule has 2 fully saturated rings. The van der Waals surface area contributed by atoms with Crippen LogP contribution >= 0.6 is 0 Å². The van der Waals surface area contributed by atoms with Gasteiger partial charge in [-0.2, -0.15) is 0 Å². The van der Waals surface area contributed by atoms with Crippen molar-refractivity contribution < 1.29 is 28.6 Å². The number of anilines is 2. The molecule has 2 heterocycles. The van der Waals surface area contributed by atoms with Gasteiger partial charge in [-0.05, 0) is 67.6 Å². The SMILES string of the molecule is O=C(C[C@H]1C[C@@H]2c3cc(NC(=O)Nc4ccc(F)cc4)ccc3O[C@@H]2[C@@H](CO)O1)NCC1CC1. The number of nitrogens with one attached hydrogen (secondary N) is 3. The highest BCUT2D eigenvalue weighted by atomic mass is 19.1. The van der Waals surface area contributed by atoms with Crippen molar-refractivity contribution in [3.05, 3.63) is 53.8 Å². The molecule has 0 unspecified atom stereocenters. The van der Waals surface area contributed by atoms with E-state index >= 15 is 0 Å². The van der Waals surface area contributed by atoms with Crippen LogP contribution in [0.15, 0.2) is 42.5 Å². The molecule has 2 aliphatic heterocycles. The van der Waals surface area contributed by atoms with Crippen molar-refractivity contribution in [3.63, 3.8) is 0 Å². The Kier molecular flexibility index (Phi) is 6.38. The van der Waals surface area contributed by atoms with E-state index in [4.69, 9.17) is 9.47 Å². The van der Waals surface area contributed by atoms with Crippen molar-refractivity contribution in [2.45, 2.75) is 49.9 Å². The normalized spacial score (nSPS) is 25.0. The molecule has 1 aliphatic carbocycles. The van der Waals surface area contributed by atoms with Crippen LogP contribution in [-0.2, 0) is 9.53 Å². The lowest BCUT2D eigenvalue weighted by Gasteiger charge is -2.37. The molecule has 3 aliphatic rings. The Bertz CT molecular complexity index is 1060. The lowest BCUT2D eigenvalue weighted by atomic mass is 9.84. The summed E-state index contributed by atoms with van der Waals surface area (Å²) in [6, 6.07) is 10.4. The van der Waals surface area contributed by atoms with Crippen LogP contribution in [-0.4, -0.2) is 48.5 Å². The van der Waals surface area contributed by atoms with Gasteiger partial charge in [-0.25, -0.2) is 9.18 Å². The molecule has 34 heavy (non-hydrogen) atoms. The zero-order valence-electron chi connectivity index (χ0n) is 18.6. The molecule has 8 nitrogen and oxygen atoms in total. The van der Waals surface area contributed by atoms with Gasteiger partial charge in [0.2, 0.25) is 5.91 Å². The van der Waals surface area contributed by atoms with Crippen LogP contribution in [0.2, 0.25) is 0 Å². The van der Waals surface area contributed by atoms with Crippen molar-refractivity contribution in [1.82, 2.24) is 5.32 Å². The summed E-state index contributed by atoms with van der Waals surface area (Å²) in [6.45, 7) is 0.503. The van der Waals surface area contributed by atoms with Crippen LogP contribution in [0.1, 0.15) is 37.2 Å². The Labute approximate surface area is 196 Å². The van der Waals surface area contributed by atoms with Gasteiger partial charge in [0.1, 0.15) is 23.8 Å². The molecule has 0 spiro atoms. The van der Waals surface area contributed by atoms with Gasteiger partial charge in [0, 0.05) is 29.4 Å². The van der Waals surface area contributed by atoms with Crippen molar-refractivity contribution >= 4 is 23.3 Å². The van der Waals surface area contributed by atoms with E-state index in [0.717, 1.165) is 5.56 Å². The summed E-state index contributed by atoms with van der Waals surface area (Å²) in [4.78, 5) is 24.8. The molecule has 180 valence electrons. The molecule has 2 aromatic carbocycles. The molecular formula is C25H28FN3O5. The van der Waals surface area contributed by atoms with E-state index in [9.17, 15) is 19.1 Å². The Morgan fingerprint density at radius 2 is 1.79 bits per heavy atom. The van der Waals surface area contributed by atoms with Gasteiger partial charge in [0.15, 0.2) is 0 Å². The van der Waals surface area contributed by atoms with Gasteiger partial charge in [-0.15, -0.1) is 0 Å². The zero-order valence-corrected chi connectivity index (χ0v) is 18.6. The van der Waals surface area contributed by atoms with E-state index < -0.39 is 12.1 Å². The number of ether oxygens (including phenoxy) is 2. The van der Waals surface area contributed by atoms with E-state index in [0.29, 0.717) is 36.0 Å². The molecule has 2 aromatic rings. The largest absolute Gasteiger partial charge is 0.487 e. The first kappa shape index (κ1) is 22.6. The standard InChI is InChI=1S/C25H28FN3O5/c26-15-3-5-16(6-4-15)28-25(32)29-17-7-8-21-19(9-17)20-10-18(33-22(13-30)24(20)34-21)11-23(31)27-12-14-1-2-14/h3-9,14,18,20,22,24,30H,1-2,10-13H2,(H,27,31)(H2,28,29,32)/t18-,20-,22-,24+/m1/s1. The third-order valence-corrected chi connectivity index (χ3v) is 6.56. The first-order valence-corrected chi connectivity index (χ1v) is 11.7. The van der Waals surface area contributed by atoms with E-state index in [2.05, 4.69) is 16.0 Å². The first-order chi connectivity index (χ1) is 16.5. The van der Waals surface area contributed by atoms with Gasteiger partial charge in [0.05, 0.1) is 19.1 Å². The minimum Gasteiger partial charge on any atom is -0.487 e. The molecule has 4 N–H and O–H groups in total. The highest BCUT2D eigenvalue weighted by Crippen LogP contribution is 2.47. The Morgan fingerprint density at radius 1 is 1.06 bits per heavy atom. The summed E-state index contributed by atoms with van der Waals surface area (Å²) < 4.78 is 25.1. The molecule has 4 atom stereocenters. The number of amides is 3. The first-order valence-electron chi connectivity index (χ1n) is 11.7. The Hall–Kier alpha value is -3.17. The smallest absolute Gasteiger partial charge is 0.323 e. The highest BCUT2D eigenvalue weighted by Gasteiger charge is 2.46. The van der Waals surface area contributed by atoms with E-state index in [1.807, 2.05) is 6.07 Å². The van der Waals surface area contributed by atoms with Gasteiger partial charge in [0.25, 0.3) is 0 Å². The number of carbonyl (C=O) groups excluding carboxylic acids is 2. The maximum atomic E-state index is 13.1. The fourth-order valence-corrected chi connectivity index (χ4v) is 4.65. The molecule has 3 amide bonds. The fraction of sp³-hybridized carbons (Fsp3) is 0.440. The molecule has 1 saturated carbocycles. The molecule has 0 bridgehead atoms. The van der Waals surface area contributed by atoms with Crippen molar-refractivity contribution in [2.24, 2.45) is 5.92 Å². The molecule has 9 heteroatoms. The second-order valence-electron chi connectivity index (χ2n) is 9.19. The topological polar surface area (TPSA) is 109 Å². The highest BCUT2D eigenvalue weighted by molar-refractivity contribution is 5.99. The summed E-state index contributed by atoms with van der Waals surface area (Å²) in [6.07, 6.45) is 1.94. The third kappa shape index (κ3) is 5.15. The number of rotatable bonds is 7. The van der Waals surface area contributed by atoms with E-state index in [1.54, 1.807) is 12.1 Å².